The van der Waals surface area contributed by atoms with Gasteiger partial charge in [-0.3, -0.25) is 4.79 Å². The second-order valence-electron chi connectivity index (χ2n) is 4.10. The van der Waals surface area contributed by atoms with Gasteiger partial charge in [0.25, 0.3) is 0 Å². The number of hydrogen-bond donors (Lipinski definition) is 2. The maximum atomic E-state index is 13.0. The molecule has 0 aliphatic carbocycles. The van der Waals surface area contributed by atoms with Gasteiger partial charge >= 0.3 is 0 Å². The van der Waals surface area contributed by atoms with E-state index >= 15 is 0 Å². The molecule has 0 unspecified atom stereocenters. The lowest BCUT2D eigenvalue weighted by Gasteiger charge is -2.06. The highest BCUT2D eigenvalue weighted by Gasteiger charge is 2.06. The highest BCUT2D eigenvalue weighted by atomic mass is 79.9. The minimum atomic E-state index is -0.364. The molecule has 0 radical (unpaired) electrons. The lowest BCUT2D eigenvalue weighted by Crippen LogP contribution is -2.14. The van der Waals surface area contributed by atoms with E-state index in [4.69, 9.17) is 5.73 Å². The molecule has 0 spiro atoms. The second kappa shape index (κ2) is 5.84. The van der Waals surface area contributed by atoms with E-state index < -0.39 is 0 Å². The Morgan fingerprint density at radius 3 is 2.53 bits per heavy atom. The first kappa shape index (κ1) is 13.5. The fourth-order valence-corrected chi connectivity index (χ4v) is 1.98. The van der Waals surface area contributed by atoms with Crippen molar-refractivity contribution in [2.45, 2.75) is 6.42 Å². The van der Waals surface area contributed by atoms with Gasteiger partial charge in [0.2, 0.25) is 5.91 Å². The number of halogens is 2. The molecule has 3 N–H and O–H groups in total. The zero-order chi connectivity index (χ0) is 13.8. The minimum Gasteiger partial charge on any atom is -0.399 e. The molecular formula is C14H12BrFN2O. The van der Waals surface area contributed by atoms with E-state index in [0.717, 1.165) is 5.56 Å². The van der Waals surface area contributed by atoms with Crippen molar-refractivity contribution in [2.75, 3.05) is 11.1 Å². The monoisotopic (exact) mass is 322 g/mol. The Kier molecular flexibility index (Phi) is 4.16. The van der Waals surface area contributed by atoms with Crippen LogP contribution in [0.2, 0.25) is 0 Å². The van der Waals surface area contributed by atoms with Crippen molar-refractivity contribution in [3.63, 3.8) is 0 Å². The van der Waals surface area contributed by atoms with Crippen molar-refractivity contribution in [1.82, 2.24) is 0 Å². The van der Waals surface area contributed by atoms with Crippen LogP contribution in [0.15, 0.2) is 46.9 Å². The molecule has 0 aliphatic rings. The lowest BCUT2D eigenvalue weighted by atomic mass is 10.1. The molecule has 0 saturated carbocycles. The fourth-order valence-electron chi connectivity index (χ4n) is 1.60. The average molecular weight is 323 g/mol. The highest BCUT2D eigenvalue weighted by molar-refractivity contribution is 9.10. The van der Waals surface area contributed by atoms with E-state index in [1.807, 2.05) is 0 Å². The van der Waals surface area contributed by atoms with Gasteiger partial charge in [0.15, 0.2) is 0 Å². The van der Waals surface area contributed by atoms with Gasteiger partial charge in [0, 0.05) is 11.4 Å². The Morgan fingerprint density at radius 2 is 1.89 bits per heavy atom. The Bertz CT molecular complexity index is 599. The summed E-state index contributed by atoms with van der Waals surface area (Å²) < 4.78 is 13.4. The van der Waals surface area contributed by atoms with Gasteiger partial charge in [-0.05, 0) is 51.8 Å². The molecule has 0 aliphatic heterocycles. The summed E-state index contributed by atoms with van der Waals surface area (Å²) in [6.07, 6.45) is 0.245. The van der Waals surface area contributed by atoms with Crippen LogP contribution in [0.1, 0.15) is 5.56 Å². The number of amides is 1. The largest absolute Gasteiger partial charge is 0.399 e. The average Bonchev–Trinajstić information content (AvgIpc) is 2.37. The topological polar surface area (TPSA) is 55.1 Å². The number of carbonyl (C=O) groups excluding carboxylic acids is 1. The van der Waals surface area contributed by atoms with Crippen LogP contribution in [0.25, 0.3) is 0 Å². The SMILES string of the molecule is Nc1ccc(CC(=O)Nc2ccc(F)c(Br)c2)cc1. The number of nitrogen functional groups attached to an aromatic ring is 1. The van der Waals surface area contributed by atoms with Gasteiger partial charge in [-0.2, -0.15) is 0 Å². The fraction of sp³-hybridized carbons (Fsp3) is 0.0714. The predicted molar refractivity (Wildman–Crippen MR) is 77.3 cm³/mol. The van der Waals surface area contributed by atoms with Crippen molar-refractivity contribution in [2.24, 2.45) is 0 Å². The van der Waals surface area contributed by atoms with Crippen LogP contribution in [0.4, 0.5) is 15.8 Å². The maximum Gasteiger partial charge on any atom is 0.228 e. The van der Waals surface area contributed by atoms with E-state index in [-0.39, 0.29) is 18.1 Å². The smallest absolute Gasteiger partial charge is 0.228 e. The first-order valence-electron chi connectivity index (χ1n) is 5.64. The van der Waals surface area contributed by atoms with Crippen molar-refractivity contribution in [1.29, 1.82) is 0 Å². The van der Waals surface area contributed by atoms with Gasteiger partial charge < -0.3 is 11.1 Å². The molecule has 3 nitrogen and oxygen atoms in total. The molecule has 0 saturated heterocycles. The Hall–Kier alpha value is -1.88. The molecule has 0 heterocycles. The molecule has 0 atom stereocenters. The molecule has 0 aromatic heterocycles. The lowest BCUT2D eigenvalue weighted by molar-refractivity contribution is -0.115. The quantitative estimate of drug-likeness (QED) is 0.851. The summed E-state index contributed by atoms with van der Waals surface area (Å²) >= 11 is 3.07. The summed E-state index contributed by atoms with van der Waals surface area (Å²) in [4.78, 5) is 11.8. The van der Waals surface area contributed by atoms with Crippen molar-refractivity contribution in [3.8, 4) is 0 Å². The van der Waals surface area contributed by atoms with E-state index in [1.165, 1.54) is 18.2 Å². The van der Waals surface area contributed by atoms with Gasteiger partial charge in [-0.15, -0.1) is 0 Å². The van der Waals surface area contributed by atoms with Crippen LogP contribution in [0.3, 0.4) is 0 Å². The number of nitrogens with one attached hydrogen (secondary N) is 1. The van der Waals surface area contributed by atoms with Crippen molar-refractivity contribution >= 4 is 33.2 Å². The van der Waals surface area contributed by atoms with Crippen molar-refractivity contribution in [3.05, 3.63) is 58.3 Å². The maximum absolute atomic E-state index is 13.0. The van der Waals surface area contributed by atoms with Crippen LogP contribution in [0.5, 0.6) is 0 Å². The van der Waals surface area contributed by atoms with Crippen LogP contribution in [-0.2, 0) is 11.2 Å². The number of anilines is 2. The Morgan fingerprint density at radius 1 is 1.21 bits per heavy atom. The highest BCUT2D eigenvalue weighted by Crippen LogP contribution is 2.20. The van der Waals surface area contributed by atoms with Crippen LogP contribution in [0, 0.1) is 5.82 Å². The molecule has 98 valence electrons. The Labute approximate surface area is 118 Å². The minimum absolute atomic E-state index is 0.164. The summed E-state index contributed by atoms with van der Waals surface area (Å²) in [6.45, 7) is 0. The molecule has 0 bridgehead atoms. The third-order valence-electron chi connectivity index (χ3n) is 2.55. The summed E-state index contributed by atoms with van der Waals surface area (Å²) in [5, 5.41) is 2.71. The van der Waals surface area contributed by atoms with Crippen LogP contribution in [-0.4, -0.2) is 5.91 Å². The van der Waals surface area contributed by atoms with Crippen LogP contribution < -0.4 is 11.1 Å². The van der Waals surface area contributed by atoms with Gasteiger partial charge in [0.1, 0.15) is 5.82 Å². The molecule has 19 heavy (non-hydrogen) atoms. The second-order valence-corrected chi connectivity index (χ2v) is 4.95. The van der Waals surface area contributed by atoms with Crippen molar-refractivity contribution < 1.29 is 9.18 Å². The molecule has 1 amide bonds. The van der Waals surface area contributed by atoms with Crippen LogP contribution >= 0.6 is 15.9 Å². The third kappa shape index (κ3) is 3.79. The standard InChI is InChI=1S/C14H12BrFN2O/c15-12-8-11(5-6-13(12)16)18-14(19)7-9-1-3-10(17)4-2-9/h1-6,8H,7,17H2,(H,18,19). The predicted octanol–water partition coefficient (Wildman–Crippen LogP) is 3.35. The normalized spacial score (nSPS) is 10.2. The third-order valence-corrected chi connectivity index (χ3v) is 3.16. The molecule has 0 fully saturated rings. The summed E-state index contributed by atoms with van der Waals surface area (Å²) in [6, 6.07) is 11.4. The Balaban J connectivity index is 2.01. The zero-order valence-electron chi connectivity index (χ0n) is 9.99. The summed E-state index contributed by atoms with van der Waals surface area (Å²) in [5.41, 5.74) is 7.65. The van der Waals surface area contributed by atoms with Gasteiger partial charge in [-0.25, -0.2) is 4.39 Å². The number of rotatable bonds is 3. The van der Waals surface area contributed by atoms with Gasteiger partial charge in [-0.1, -0.05) is 12.1 Å². The number of benzene rings is 2. The molecule has 2 aromatic rings. The molecule has 2 rings (SSSR count). The molecular weight excluding hydrogens is 311 g/mol. The first-order valence-corrected chi connectivity index (χ1v) is 6.43. The number of carbonyl (C=O) groups is 1. The molecule has 2 aromatic carbocycles. The van der Waals surface area contributed by atoms with E-state index in [1.54, 1.807) is 24.3 Å². The van der Waals surface area contributed by atoms with E-state index in [0.29, 0.717) is 15.8 Å². The summed E-state index contributed by atoms with van der Waals surface area (Å²) in [5.74, 6) is -0.528. The zero-order valence-corrected chi connectivity index (χ0v) is 11.6. The number of nitrogens with two attached hydrogens (primary N) is 1. The number of hydrogen-bond acceptors (Lipinski definition) is 2. The molecule has 5 heteroatoms. The van der Waals surface area contributed by atoms with Gasteiger partial charge in [0.05, 0.1) is 10.9 Å². The summed E-state index contributed by atoms with van der Waals surface area (Å²) in [7, 11) is 0. The van der Waals surface area contributed by atoms with E-state index in [9.17, 15) is 9.18 Å². The van der Waals surface area contributed by atoms with E-state index in [2.05, 4.69) is 21.2 Å². The first-order chi connectivity index (χ1) is 9.04.